The average Bonchev–Trinajstić information content (AvgIpc) is 2.90. The Morgan fingerprint density at radius 3 is 1.95 bits per heavy atom. The molecule has 3 aromatic carbocycles. The van der Waals surface area contributed by atoms with E-state index in [1.54, 1.807) is 61.5 Å². The van der Waals surface area contributed by atoms with E-state index < -0.39 is 28.5 Å². The highest BCUT2D eigenvalue weighted by Gasteiger charge is 2.32. The van der Waals surface area contributed by atoms with E-state index in [1.165, 1.54) is 29.2 Å². The molecule has 0 bridgehead atoms. The van der Waals surface area contributed by atoms with Gasteiger partial charge in [-0.15, -0.1) is 0 Å². The zero-order valence-electron chi connectivity index (χ0n) is 21.5. The van der Waals surface area contributed by atoms with E-state index in [2.05, 4.69) is 5.32 Å². The molecule has 0 saturated heterocycles. The molecule has 202 valence electrons. The van der Waals surface area contributed by atoms with Gasteiger partial charge in [0.1, 0.15) is 12.6 Å². The van der Waals surface area contributed by atoms with E-state index in [1.807, 2.05) is 13.8 Å². The molecule has 1 N–H and O–H groups in total. The molecule has 3 aromatic rings. The van der Waals surface area contributed by atoms with Crippen LogP contribution in [0.3, 0.4) is 0 Å². The number of amides is 2. The SMILES string of the molecule is CC(C)CNC(=O)[C@H](C)N(Cc1ccc(Cl)cc1)C(=O)CN(c1ccccc1)S(=O)(=O)c1ccc(Cl)cc1. The smallest absolute Gasteiger partial charge is 0.264 e. The highest BCUT2D eigenvalue weighted by atomic mass is 35.5. The van der Waals surface area contributed by atoms with Crippen molar-refractivity contribution in [1.29, 1.82) is 0 Å². The molecule has 7 nitrogen and oxygen atoms in total. The fraction of sp³-hybridized carbons (Fsp3) is 0.286. The maximum Gasteiger partial charge on any atom is 0.264 e. The predicted octanol–water partition coefficient (Wildman–Crippen LogP) is 5.38. The number of halogens is 2. The molecule has 3 rings (SSSR count). The standard InChI is InChI=1S/C28H31Cl2N3O4S/c1-20(2)17-31-28(35)21(3)32(18-22-9-11-23(29)12-10-22)27(34)19-33(25-7-5-4-6-8-25)38(36,37)26-15-13-24(30)14-16-26/h4-16,20-21H,17-19H2,1-3H3,(H,31,35)/t21-/m0/s1. The first-order chi connectivity index (χ1) is 18.0. The number of nitrogens with one attached hydrogen (secondary N) is 1. The summed E-state index contributed by atoms with van der Waals surface area (Å²) in [5.41, 5.74) is 1.07. The van der Waals surface area contributed by atoms with Crippen molar-refractivity contribution in [3.8, 4) is 0 Å². The van der Waals surface area contributed by atoms with Crippen LogP contribution in [0.5, 0.6) is 0 Å². The number of nitrogens with zero attached hydrogens (tertiary/aromatic N) is 2. The quantitative estimate of drug-likeness (QED) is 0.332. The van der Waals surface area contributed by atoms with E-state index >= 15 is 0 Å². The highest BCUT2D eigenvalue weighted by Crippen LogP contribution is 2.25. The molecule has 0 aliphatic rings. The lowest BCUT2D eigenvalue weighted by Crippen LogP contribution is -2.51. The second-order valence-electron chi connectivity index (χ2n) is 9.26. The average molecular weight is 577 g/mol. The van der Waals surface area contributed by atoms with Gasteiger partial charge in [-0.25, -0.2) is 8.42 Å². The Bertz CT molecular complexity index is 1330. The van der Waals surface area contributed by atoms with E-state index in [9.17, 15) is 18.0 Å². The van der Waals surface area contributed by atoms with Gasteiger partial charge in [0.05, 0.1) is 10.6 Å². The minimum atomic E-state index is -4.14. The minimum absolute atomic E-state index is 0.00877. The predicted molar refractivity (Wildman–Crippen MR) is 152 cm³/mol. The summed E-state index contributed by atoms with van der Waals surface area (Å²) < 4.78 is 28.4. The number of anilines is 1. The van der Waals surface area contributed by atoms with E-state index in [0.29, 0.717) is 22.3 Å². The number of hydrogen-bond acceptors (Lipinski definition) is 4. The molecular formula is C28H31Cl2N3O4S. The number of carbonyl (C=O) groups is 2. The van der Waals surface area contributed by atoms with Crippen molar-refractivity contribution in [2.45, 2.75) is 38.3 Å². The number of rotatable bonds is 11. The molecule has 0 saturated carbocycles. The van der Waals surface area contributed by atoms with Crippen molar-refractivity contribution in [3.63, 3.8) is 0 Å². The molecule has 0 aromatic heterocycles. The summed E-state index contributed by atoms with van der Waals surface area (Å²) in [4.78, 5) is 28.2. The van der Waals surface area contributed by atoms with E-state index in [0.717, 1.165) is 9.87 Å². The van der Waals surface area contributed by atoms with Crippen LogP contribution < -0.4 is 9.62 Å². The lowest BCUT2D eigenvalue weighted by molar-refractivity contribution is -0.139. The van der Waals surface area contributed by atoms with Crippen molar-refractivity contribution < 1.29 is 18.0 Å². The Labute approximate surface area is 234 Å². The summed E-state index contributed by atoms with van der Waals surface area (Å²) in [6.07, 6.45) is 0. The van der Waals surface area contributed by atoms with Crippen LogP contribution in [0, 0.1) is 5.92 Å². The molecule has 0 unspecified atom stereocenters. The van der Waals surface area contributed by atoms with Gasteiger partial charge in [-0.2, -0.15) is 0 Å². The second-order valence-corrected chi connectivity index (χ2v) is 12.0. The summed E-state index contributed by atoms with van der Waals surface area (Å²) in [5, 5.41) is 3.79. The third kappa shape index (κ3) is 7.72. The summed E-state index contributed by atoms with van der Waals surface area (Å²) >= 11 is 12.0. The number of sulfonamides is 1. The monoisotopic (exact) mass is 575 g/mol. The van der Waals surface area contributed by atoms with Crippen LogP contribution in [-0.4, -0.2) is 44.3 Å². The first-order valence-electron chi connectivity index (χ1n) is 12.1. The third-order valence-electron chi connectivity index (χ3n) is 5.84. The lowest BCUT2D eigenvalue weighted by atomic mass is 10.1. The zero-order valence-corrected chi connectivity index (χ0v) is 23.8. The summed E-state index contributed by atoms with van der Waals surface area (Å²) in [7, 11) is -4.14. The lowest BCUT2D eigenvalue weighted by Gasteiger charge is -2.32. The molecule has 10 heteroatoms. The summed E-state index contributed by atoms with van der Waals surface area (Å²) in [6.45, 7) is 5.61. The molecule has 0 fully saturated rings. The Balaban J connectivity index is 1.97. The fourth-order valence-corrected chi connectivity index (χ4v) is 5.34. The first-order valence-corrected chi connectivity index (χ1v) is 14.3. The van der Waals surface area contributed by atoms with Crippen LogP contribution in [-0.2, 0) is 26.2 Å². The maximum absolute atomic E-state index is 13.8. The first kappa shape index (κ1) is 29.5. The Kier molecular flexibility index (Phi) is 10.2. The fourth-order valence-electron chi connectivity index (χ4n) is 3.68. The summed E-state index contributed by atoms with van der Waals surface area (Å²) in [5.74, 6) is -0.633. The molecule has 1 atom stereocenters. The summed E-state index contributed by atoms with van der Waals surface area (Å²) in [6, 6.07) is 20.2. The molecule has 0 radical (unpaired) electrons. The zero-order chi connectivity index (χ0) is 27.9. The molecule has 0 aliphatic heterocycles. The second kappa shape index (κ2) is 13.1. The molecule has 2 amide bonds. The van der Waals surface area contributed by atoms with E-state index in [-0.39, 0.29) is 23.3 Å². The molecular weight excluding hydrogens is 545 g/mol. The van der Waals surface area contributed by atoms with Gasteiger partial charge in [0.15, 0.2) is 0 Å². The minimum Gasteiger partial charge on any atom is -0.354 e. The van der Waals surface area contributed by atoms with Crippen molar-refractivity contribution >= 4 is 50.7 Å². The van der Waals surface area contributed by atoms with Gasteiger partial charge in [-0.05, 0) is 66.9 Å². The molecule has 0 spiro atoms. The molecule has 0 heterocycles. The van der Waals surface area contributed by atoms with Gasteiger partial charge in [-0.3, -0.25) is 13.9 Å². The number of para-hydroxylation sites is 1. The van der Waals surface area contributed by atoms with Crippen molar-refractivity contribution in [1.82, 2.24) is 10.2 Å². The van der Waals surface area contributed by atoms with Crippen molar-refractivity contribution in [2.24, 2.45) is 5.92 Å². The number of carbonyl (C=O) groups excluding carboxylic acids is 2. The van der Waals surface area contributed by atoms with Gasteiger partial charge in [-0.1, -0.05) is 67.4 Å². The third-order valence-corrected chi connectivity index (χ3v) is 8.13. The van der Waals surface area contributed by atoms with E-state index in [4.69, 9.17) is 23.2 Å². The van der Waals surface area contributed by atoms with Gasteiger partial charge < -0.3 is 10.2 Å². The number of benzene rings is 3. The molecule has 38 heavy (non-hydrogen) atoms. The van der Waals surface area contributed by atoms with Crippen LogP contribution in [0.15, 0.2) is 83.8 Å². The van der Waals surface area contributed by atoms with Crippen molar-refractivity contribution in [3.05, 3.63) is 94.5 Å². The normalized spacial score (nSPS) is 12.2. The van der Waals surface area contributed by atoms with Crippen LogP contribution in [0.25, 0.3) is 0 Å². The maximum atomic E-state index is 13.8. The Hall–Kier alpha value is -3.07. The van der Waals surface area contributed by atoms with Crippen LogP contribution in [0.2, 0.25) is 10.0 Å². The Morgan fingerprint density at radius 2 is 1.39 bits per heavy atom. The van der Waals surface area contributed by atoms with Gasteiger partial charge in [0.2, 0.25) is 11.8 Å². The molecule has 0 aliphatic carbocycles. The largest absolute Gasteiger partial charge is 0.354 e. The van der Waals surface area contributed by atoms with Gasteiger partial charge in [0, 0.05) is 23.1 Å². The number of hydrogen-bond donors (Lipinski definition) is 1. The Morgan fingerprint density at radius 1 is 0.842 bits per heavy atom. The van der Waals surface area contributed by atoms with Crippen LogP contribution in [0.4, 0.5) is 5.69 Å². The van der Waals surface area contributed by atoms with Gasteiger partial charge >= 0.3 is 0 Å². The van der Waals surface area contributed by atoms with Gasteiger partial charge in [0.25, 0.3) is 10.0 Å². The van der Waals surface area contributed by atoms with Crippen LogP contribution in [0.1, 0.15) is 26.3 Å². The van der Waals surface area contributed by atoms with Crippen molar-refractivity contribution in [2.75, 3.05) is 17.4 Å². The topological polar surface area (TPSA) is 86.8 Å². The highest BCUT2D eigenvalue weighted by molar-refractivity contribution is 7.92. The van der Waals surface area contributed by atoms with Crippen LogP contribution >= 0.6 is 23.2 Å².